The van der Waals surface area contributed by atoms with E-state index in [0.29, 0.717) is 12.8 Å². The van der Waals surface area contributed by atoms with Crippen molar-refractivity contribution in [2.75, 3.05) is 18.6 Å². The van der Waals surface area contributed by atoms with Crippen molar-refractivity contribution in [1.29, 1.82) is 0 Å². The molecule has 2 unspecified atom stereocenters. The predicted molar refractivity (Wildman–Crippen MR) is 81.5 cm³/mol. The Bertz CT molecular complexity index is 364. The fourth-order valence-corrected chi connectivity index (χ4v) is 2.67. The van der Waals surface area contributed by atoms with Gasteiger partial charge in [-0.05, 0) is 24.2 Å². The molecular weight excluding hydrogens is 258 g/mol. The van der Waals surface area contributed by atoms with Crippen molar-refractivity contribution in [2.45, 2.75) is 31.7 Å². The summed E-state index contributed by atoms with van der Waals surface area (Å²) in [5.41, 5.74) is 1.18. The van der Waals surface area contributed by atoms with Gasteiger partial charge in [0.25, 0.3) is 0 Å². The number of thioether (sulfide) groups is 1. The first-order valence-corrected chi connectivity index (χ1v) is 8.00. The molecule has 0 bridgehead atoms. The van der Waals surface area contributed by atoms with E-state index in [9.17, 15) is 4.79 Å². The zero-order valence-corrected chi connectivity index (χ0v) is 12.5. The van der Waals surface area contributed by atoms with Crippen LogP contribution >= 0.6 is 11.8 Å². The van der Waals surface area contributed by atoms with Crippen LogP contribution in [0.2, 0.25) is 0 Å². The van der Waals surface area contributed by atoms with Crippen LogP contribution in [0.3, 0.4) is 0 Å². The number of benzene rings is 1. The summed E-state index contributed by atoms with van der Waals surface area (Å²) in [7, 11) is 0. The predicted octanol–water partition coefficient (Wildman–Crippen LogP) is 2.41. The normalized spacial score (nSPS) is 13.8. The van der Waals surface area contributed by atoms with Gasteiger partial charge in [0.15, 0.2) is 0 Å². The molecule has 19 heavy (non-hydrogen) atoms. The van der Waals surface area contributed by atoms with Gasteiger partial charge in [-0.3, -0.25) is 4.79 Å². The van der Waals surface area contributed by atoms with Crippen molar-refractivity contribution in [3.05, 3.63) is 35.9 Å². The zero-order valence-electron chi connectivity index (χ0n) is 11.6. The maximum absolute atomic E-state index is 12.0. The molecule has 4 heteroatoms. The van der Waals surface area contributed by atoms with Crippen LogP contribution in [0.1, 0.15) is 31.2 Å². The summed E-state index contributed by atoms with van der Waals surface area (Å²) in [5, 5.41) is 12.0. The smallest absolute Gasteiger partial charge is 0.220 e. The molecule has 1 aromatic carbocycles. The van der Waals surface area contributed by atoms with Crippen LogP contribution in [0.15, 0.2) is 30.3 Å². The number of hydrogen-bond acceptors (Lipinski definition) is 3. The molecule has 1 amide bonds. The monoisotopic (exact) mass is 281 g/mol. The number of rotatable bonds is 8. The van der Waals surface area contributed by atoms with Gasteiger partial charge in [-0.1, -0.05) is 37.3 Å². The lowest BCUT2D eigenvalue weighted by atomic mass is 9.97. The molecule has 2 N–H and O–H groups in total. The van der Waals surface area contributed by atoms with Crippen LogP contribution in [0.5, 0.6) is 0 Å². The van der Waals surface area contributed by atoms with Crippen molar-refractivity contribution in [1.82, 2.24) is 5.32 Å². The summed E-state index contributed by atoms with van der Waals surface area (Å²) in [6, 6.07) is 10.1. The second-order valence-corrected chi connectivity index (χ2v) is 5.66. The van der Waals surface area contributed by atoms with E-state index in [-0.39, 0.29) is 24.5 Å². The van der Waals surface area contributed by atoms with Crippen LogP contribution in [-0.4, -0.2) is 35.7 Å². The molecular formula is C15H23NO2S. The lowest BCUT2D eigenvalue weighted by Crippen LogP contribution is -2.37. The van der Waals surface area contributed by atoms with Crippen molar-refractivity contribution in [2.24, 2.45) is 0 Å². The second kappa shape index (κ2) is 8.99. The van der Waals surface area contributed by atoms with Crippen LogP contribution in [0, 0.1) is 0 Å². The molecule has 0 saturated carbocycles. The zero-order chi connectivity index (χ0) is 14.1. The Hall–Kier alpha value is -1.00. The van der Waals surface area contributed by atoms with Gasteiger partial charge in [0, 0.05) is 24.8 Å². The van der Waals surface area contributed by atoms with Crippen LogP contribution < -0.4 is 5.32 Å². The van der Waals surface area contributed by atoms with Crippen LogP contribution in [0.4, 0.5) is 0 Å². The van der Waals surface area contributed by atoms with E-state index in [1.165, 1.54) is 5.56 Å². The third-order valence-electron chi connectivity index (χ3n) is 3.07. The molecule has 3 nitrogen and oxygen atoms in total. The van der Waals surface area contributed by atoms with E-state index >= 15 is 0 Å². The Kier molecular flexibility index (Phi) is 7.60. The average molecular weight is 281 g/mol. The summed E-state index contributed by atoms with van der Waals surface area (Å²) in [4.78, 5) is 12.0. The molecule has 106 valence electrons. The SMILES string of the molecule is CSCC(CCO)NC(=O)CC(C)c1ccccc1. The van der Waals surface area contributed by atoms with Gasteiger partial charge >= 0.3 is 0 Å². The van der Waals surface area contributed by atoms with Gasteiger partial charge in [-0.25, -0.2) is 0 Å². The number of amides is 1. The van der Waals surface area contributed by atoms with E-state index in [4.69, 9.17) is 5.11 Å². The van der Waals surface area contributed by atoms with E-state index in [1.54, 1.807) is 11.8 Å². The number of hydrogen-bond donors (Lipinski definition) is 2. The highest BCUT2D eigenvalue weighted by molar-refractivity contribution is 7.98. The number of nitrogens with one attached hydrogen (secondary N) is 1. The maximum Gasteiger partial charge on any atom is 0.220 e. The molecule has 0 aliphatic heterocycles. The highest BCUT2D eigenvalue weighted by atomic mass is 32.2. The molecule has 0 aliphatic carbocycles. The average Bonchev–Trinajstić information content (AvgIpc) is 2.40. The fraction of sp³-hybridized carbons (Fsp3) is 0.533. The first kappa shape index (κ1) is 16.1. The highest BCUT2D eigenvalue weighted by Crippen LogP contribution is 2.18. The largest absolute Gasteiger partial charge is 0.396 e. The van der Waals surface area contributed by atoms with Gasteiger partial charge < -0.3 is 10.4 Å². The lowest BCUT2D eigenvalue weighted by Gasteiger charge is -2.18. The third-order valence-corrected chi connectivity index (χ3v) is 3.81. The van der Waals surface area contributed by atoms with Gasteiger partial charge in [-0.2, -0.15) is 11.8 Å². The Morgan fingerprint density at radius 2 is 2.05 bits per heavy atom. The summed E-state index contributed by atoms with van der Waals surface area (Å²) >= 11 is 1.68. The number of aliphatic hydroxyl groups excluding tert-OH is 1. The first-order chi connectivity index (χ1) is 9.17. The van der Waals surface area contributed by atoms with Crippen LogP contribution in [0.25, 0.3) is 0 Å². The number of aliphatic hydroxyl groups is 1. The van der Waals surface area contributed by atoms with Crippen molar-refractivity contribution >= 4 is 17.7 Å². The van der Waals surface area contributed by atoms with E-state index in [2.05, 4.69) is 12.2 Å². The van der Waals surface area contributed by atoms with E-state index < -0.39 is 0 Å². The molecule has 0 heterocycles. The Morgan fingerprint density at radius 3 is 2.63 bits per heavy atom. The molecule has 1 aromatic rings. The topological polar surface area (TPSA) is 49.3 Å². The third kappa shape index (κ3) is 6.12. The molecule has 2 atom stereocenters. The Morgan fingerprint density at radius 1 is 1.37 bits per heavy atom. The quantitative estimate of drug-likeness (QED) is 0.769. The standard InChI is InChI=1S/C15H23NO2S/c1-12(13-6-4-3-5-7-13)10-15(18)16-14(8-9-17)11-19-2/h3-7,12,14,17H,8-11H2,1-2H3,(H,16,18). The summed E-state index contributed by atoms with van der Waals surface area (Å²) in [5.74, 6) is 1.11. The molecule has 0 spiro atoms. The molecule has 1 rings (SSSR count). The molecule has 0 fully saturated rings. The molecule has 0 aromatic heterocycles. The Balaban J connectivity index is 2.45. The minimum atomic E-state index is 0.0591. The van der Waals surface area contributed by atoms with Crippen molar-refractivity contribution in [3.8, 4) is 0 Å². The summed E-state index contributed by atoms with van der Waals surface area (Å²) < 4.78 is 0. The number of carbonyl (C=O) groups excluding carboxylic acids is 1. The van der Waals surface area contributed by atoms with Crippen molar-refractivity contribution in [3.63, 3.8) is 0 Å². The van der Waals surface area contributed by atoms with E-state index in [1.807, 2.05) is 36.6 Å². The van der Waals surface area contributed by atoms with Gasteiger partial charge in [0.05, 0.1) is 0 Å². The molecule has 0 saturated heterocycles. The van der Waals surface area contributed by atoms with Crippen molar-refractivity contribution < 1.29 is 9.90 Å². The molecule has 0 radical (unpaired) electrons. The summed E-state index contributed by atoms with van der Waals surface area (Å²) in [6.07, 6.45) is 3.11. The van der Waals surface area contributed by atoms with Gasteiger partial charge in [0.1, 0.15) is 0 Å². The highest BCUT2D eigenvalue weighted by Gasteiger charge is 2.15. The minimum absolute atomic E-state index is 0.0591. The fourth-order valence-electron chi connectivity index (χ4n) is 2.02. The Labute approximate surface area is 119 Å². The minimum Gasteiger partial charge on any atom is -0.396 e. The second-order valence-electron chi connectivity index (χ2n) is 4.75. The van der Waals surface area contributed by atoms with Gasteiger partial charge in [-0.15, -0.1) is 0 Å². The lowest BCUT2D eigenvalue weighted by molar-refractivity contribution is -0.122. The number of carbonyl (C=O) groups is 1. The van der Waals surface area contributed by atoms with Crippen LogP contribution in [-0.2, 0) is 4.79 Å². The van der Waals surface area contributed by atoms with E-state index in [0.717, 1.165) is 5.75 Å². The molecule has 0 aliphatic rings. The maximum atomic E-state index is 12.0. The summed E-state index contributed by atoms with van der Waals surface area (Å²) in [6.45, 7) is 2.17. The van der Waals surface area contributed by atoms with Gasteiger partial charge in [0.2, 0.25) is 5.91 Å². The first-order valence-electron chi connectivity index (χ1n) is 6.61.